The van der Waals surface area contributed by atoms with Crippen LogP contribution in [0.2, 0.25) is 0 Å². The summed E-state index contributed by atoms with van der Waals surface area (Å²) in [5.41, 5.74) is 4.04. The molecule has 2 aliphatic rings. The number of nitrogens with zero attached hydrogens (tertiary/aromatic N) is 4. The predicted octanol–water partition coefficient (Wildman–Crippen LogP) is 2.64. The number of halogens is 1. The summed E-state index contributed by atoms with van der Waals surface area (Å²) in [6.07, 6.45) is 3.29. The molecule has 1 amide bonds. The van der Waals surface area contributed by atoms with Crippen LogP contribution in [0.25, 0.3) is 16.8 Å². The SMILES string of the molecule is CN1C(=O)c2cc(CO)nn2-c2cc(-c3ccc(F)nc3)ccc2C12CC2. The van der Waals surface area contributed by atoms with Crippen molar-refractivity contribution in [3.8, 4) is 16.8 Å². The number of aliphatic hydroxyl groups excluding tert-OH is 1. The lowest BCUT2D eigenvalue weighted by Gasteiger charge is -2.27. The molecule has 1 spiro atoms. The number of hydrogen-bond donors (Lipinski definition) is 1. The van der Waals surface area contributed by atoms with Gasteiger partial charge in [-0.15, -0.1) is 0 Å². The fourth-order valence-corrected chi connectivity index (χ4v) is 3.94. The van der Waals surface area contributed by atoms with Crippen LogP contribution >= 0.6 is 0 Å². The maximum absolute atomic E-state index is 13.2. The van der Waals surface area contributed by atoms with Crippen molar-refractivity contribution in [1.82, 2.24) is 19.7 Å². The van der Waals surface area contributed by atoms with E-state index in [1.54, 1.807) is 21.7 Å². The summed E-state index contributed by atoms with van der Waals surface area (Å²) in [7, 11) is 1.82. The molecule has 27 heavy (non-hydrogen) atoms. The topological polar surface area (TPSA) is 71.2 Å². The average Bonchev–Trinajstić information content (AvgIpc) is 3.39. The van der Waals surface area contributed by atoms with Gasteiger partial charge in [0.2, 0.25) is 5.95 Å². The highest BCUT2D eigenvalue weighted by atomic mass is 19.1. The highest BCUT2D eigenvalue weighted by molar-refractivity contribution is 5.95. The number of pyridine rings is 1. The van der Waals surface area contributed by atoms with Crippen molar-refractivity contribution >= 4 is 5.91 Å². The Hall–Kier alpha value is -3.06. The van der Waals surface area contributed by atoms with E-state index in [1.807, 2.05) is 25.2 Å². The predicted molar refractivity (Wildman–Crippen MR) is 95.7 cm³/mol. The lowest BCUT2D eigenvalue weighted by molar-refractivity contribution is 0.0704. The minimum Gasteiger partial charge on any atom is -0.390 e. The normalized spacial score (nSPS) is 16.9. The van der Waals surface area contributed by atoms with Crippen molar-refractivity contribution in [3.63, 3.8) is 0 Å². The molecule has 3 heterocycles. The first-order valence-electron chi connectivity index (χ1n) is 8.78. The first kappa shape index (κ1) is 16.1. The van der Waals surface area contributed by atoms with Gasteiger partial charge in [-0.2, -0.15) is 9.49 Å². The molecule has 0 atom stereocenters. The smallest absolute Gasteiger partial charge is 0.273 e. The molecular weight excluding hydrogens is 347 g/mol. The zero-order valence-electron chi connectivity index (χ0n) is 14.7. The molecule has 0 bridgehead atoms. The van der Waals surface area contributed by atoms with Crippen LogP contribution in [0.3, 0.4) is 0 Å². The summed E-state index contributed by atoms with van der Waals surface area (Å²) in [5.74, 6) is -0.638. The van der Waals surface area contributed by atoms with E-state index in [0.29, 0.717) is 11.4 Å². The van der Waals surface area contributed by atoms with E-state index >= 15 is 0 Å². The van der Waals surface area contributed by atoms with Crippen molar-refractivity contribution in [3.05, 3.63) is 65.5 Å². The van der Waals surface area contributed by atoms with E-state index in [-0.39, 0.29) is 18.1 Å². The number of carbonyl (C=O) groups is 1. The molecule has 1 aliphatic carbocycles. The van der Waals surface area contributed by atoms with E-state index < -0.39 is 5.95 Å². The van der Waals surface area contributed by atoms with Crippen LogP contribution in [0.5, 0.6) is 0 Å². The van der Waals surface area contributed by atoms with Crippen LogP contribution in [0.15, 0.2) is 42.6 Å². The van der Waals surface area contributed by atoms with E-state index in [2.05, 4.69) is 10.1 Å². The number of carbonyl (C=O) groups excluding carboxylic acids is 1. The second kappa shape index (κ2) is 5.47. The quantitative estimate of drug-likeness (QED) is 0.710. The number of hydrogen-bond acceptors (Lipinski definition) is 4. The molecule has 0 saturated heterocycles. The fraction of sp³-hybridized carbons (Fsp3) is 0.250. The summed E-state index contributed by atoms with van der Waals surface area (Å²) in [6, 6.07) is 10.6. The Balaban J connectivity index is 1.76. The van der Waals surface area contributed by atoms with Crippen molar-refractivity contribution in [2.45, 2.75) is 25.0 Å². The van der Waals surface area contributed by atoms with E-state index in [4.69, 9.17) is 0 Å². The van der Waals surface area contributed by atoms with Gasteiger partial charge in [0, 0.05) is 24.4 Å². The molecule has 5 rings (SSSR count). The van der Waals surface area contributed by atoms with E-state index in [1.165, 1.54) is 12.3 Å². The van der Waals surface area contributed by atoms with Gasteiger partial charge in [0.1, 0.15) is 5.69 Å². The minimum atomic E-state index is -0.528. The third kappa shape index (κ3) is 2.24. The Morgan fingerprint density at radius 1 is 1.19 bits per heavy atom. The maximum Gasteiger partial charge on any atom is 0.273 e. The molecule has 1 saturated carbocycles. The third-order valence-corrected chi connectivity index (χ3v) is 5.60. The summed E-state index contributed by atoms with van der Waals surface area (Å²) in [4.78, 5) is 18.5. The zero-order chi connectivity index (χ0) is 18.8. The molecule has 136 valence electrons. The van der Waals surface area contributed by atoms with Crippen LogP contribution in [0.4, 0.5) is 4.39 Å². The van der Waals surface area contributed by atoms with Gasteiger partial charge in [0.15, 0.2) is 0 Å². The van der Waals surface area contributed by atoms with Gasteiger partial charge in [0.05, 0.1) is 23.5 Å². The third-order valence-electron chi connectivity index (χ3n) is 5.60. The highest BCUT2D eigenvalue weighted by Crippen LogP contribution is 2.54. The van der Waals surface area contributed by atoms with Crippen LogP contribution < -0.4 is 0 Å². The van der Waals surface area contributed by atoms with Crippen LogP contribution in [-0.4, -0.2) is 37.7 Å². The molecule has 0 unspecified atom stereocenters. The van der Waals surface area contributed by atoms with Gasteiger partial charge >= 0.3 is 0 Å². The summed E-state index contributed by atoms with van der Waals surface area (Å²) < 4.78 is 14.8. The Morgan fingerprint density at radius 3 is 2.63 bits per heavy atom. The molecular formula is C20H17FN4O2. The summed E-state index contributed by atoms with van der Waals surface area (Å²) in [6.45, 7) is -0.237. The molecule has 6 nitrogen and oxygen atoms in total. The number of amides is 1. The Morgan fingerprint density at radius 2 is 1.96 bits per heavy atom. The Labute approximate surface area is 154 Å². The van der Waals surface area contributed by atoms with Gasteiger partial charge in [-0.1, -0.05) is 12.1 Å². The van der Waals surface area contributed by atoms with Gasteiger partial charge < -0.3 is 10.0 Å². The second-order valence-electron chi connectivity index (χ2n) is 7.09. The number of aromatic nitrogens is 3. The molecule has 1 fully saturated rings. The van der Waals surface area contributed by atoms with Gasteiger partial charge in [0.25, 0.3) is 5.91 Å². The van der Waals surface area contributed by atoms with Crippen molar-refractivity contribution < 1.29 is 14.3 Å². The average molecular weight is 364 g/mol. The number of fused-ring (bicyclic) bond motifs is 4. The molecule has 1 aromatic carbocycles. The minimum absolute atomic E-state index is 0.110. The maximum atomic E-state index is 13.2. The van der Waals surface area contributed by atoms with E-state index in [0.717, 1.165) is 35.2 Å². The lowest BCUT2D eigenvalue weighted by atomic mass is 9.97. The number of benzene rings is 1. The second-order valence-corrected chi connectivity index (χ2v) is 7.09. The van der Waals surface area contributed by atoms with Crippen LogP contribution in [-0.2, 0) is 12.1 Å². The van der Waals surface area contributed by atoms with Crippen molar-refractivity contribution in [1.29, 1.82) is 0 Å². The molecule has 2 aromatic heterocycles. The highest BCUT2D eigenvalue weighted by Gasteiger charge is 2.53. The molecule has 1 aliphatic heterocycles. The molecule has 3 aromatic rings. The summed E-state index contributed by atoms with van der Waals surface area (Å²) in [5, 5.41) is 13.9. The van der Waals surface area contributed by atoms with E-state index in [9.17, 15) is 14.3 Å². The first-order valence-corrected chi connectivity index (χ1v) is 8.78. The largest absolute Gasteiger partial charge is 0.390 e. The first-order chi connectivity index (χ1) is 13.0. The Kier molecular flexibility index (Phi) is 3.27. The standard InChI is InChI=1S/C20H17FN4O2/c1-24-19(27)17-9-14(11-26)23-25(17)16-8-12(13-3-5-18(21)22-10-13)2-4-15(16)20(24)6-7-20/h2-5,8-10,26H,6-7,11H2,1H3. The fourth-order valence-electron chi connectivity index (χ4n) is 3.94. The number of rotatable bonds is 2. The molecule has 7 heteroatoms. The molecule has 1 N–H and O–H groups in total. The van der Waals surface area contributed by atoms with Gasteiger partial charge in [-0.3, -0.25) is 4.79 Å². The summed E-state index contributed by atoms with van der Waals surface area (Å²) >= 11 is 0. The lowest BCUT2D eigenvalue weighted by Crippen LogP contribution is -2.36. The van der Waals surface area contributed by atoms with Crippen molar-refractivity contribution in [2.24, 2.45) is 0 Å². The van der Waals surface area contributed by atoms with Gasteiger partial charge in [-0.05, 0) is 42.7 Å². The van der Waals surface area contributed by atoms with Crippen LogP contribution in [0.1, 0.15) is 34.6 Å². The zero-order valence-corrected chi connectivity index (χ0v) is 14.7. The van der Waals surface area contributed by atoms with Gasteiger partial charge in [-0.25, -0.2) is 9.67 Å². The monoisotopic (exact) mass is 364 g/mol. The molecule has 0 radical (unpaired) electrons. The van der Waals surface area contributed by atoms with Crippen molar-refractivity contribution in [2.75, 3.05) is 7.05 Å². The van der Waals surface area contributed by atoms with Crippen LogP contribution in [0, 0.1) is 5.95 Å². The Bertz CT molecular complexity index is 1070. The number of aliphatic hydroxyl groups is 1.